The maximum absolute atomic E-state index is 10.6. The Bertz CT molecular complexity index is 110. The second-order valence-electron chi connectivity index (χ2n) is 2.87. The highest BCUT2D eigenvalue weighted by molar-refractivity contribution is 5.78. The third-order valence-corrected chi connectivity index (χ3v) is 1.73. The summed E-state index contributed by atoms with van der Waals surface area (Å²) in [6.07, 6.45) is 7.41. The lowest BCUT2D eigenvalue weighted by Crippen LogP contribution is -2.04. The summed E-state index contributed by atoms with van der Waals surface area (Å²) < 4.78 is 4.88. The van der Waals surface area contributed by atoms with Crippen molar-refractivity contribution in [3.8, 4) is 0 Å². The number of carbonyl (C=O) groups excluding carboxylic acids is 1. The van der Waals surface area contributed by atoms with Crippen LogP contribution in [0, 0.1) is 6.42 Å². The first kappa shape index (κ1) is 11.5. The molecule has 2 nitrogen and oxygen atoms in total. The second kappa shape index (κ2) is 8.57. The van der Waals surface area contributed by atoms with E-state index >= 15 is 0 Å². The molecule has 0 aromatic heterocycles. The van der Waals surface area contributed by atoms with E-state index < -0.39 is 0 Å². The average molecular weight is 171 g/mol. The monoisotopic (exact) mass is 171 g/mol. The summed E-state index contributed by atoms with van der Waals surface area (Å²) in [5, 5.41) is 0. The second-order valence-corrected chi connectivity index (χ2v) is 2.87. The lowest BCUT2D eigenvalue weighted by molar-refractivity contribution is -0.139. The van der Waals surface area contributed by atoms with Crippen LogP contribution in [-0.2, 0) is 9.53 Å². The topological polar surface area (TPSA) is 26.3 Å². The van der Waals surface area contributed by atoms with Crippen molar-refractivity contribution in [2.45, 2.75) is 46.0 Å². The zero-order chi connectivity index (χ0) is 9.23. The summed E-state index contributed by atoms with van der Waals surface area (Å²) in [7, 11) is 0. The standard InChI is InChI=1S/C10H19O2/c1-3-5-6-7-8-9-12-10(11)4-2/h4H,3,5-9H2,1-2H3. The van der Waals surface area contributed by atoms with Crippen LogP contribution in [0.15, 0.2) is 0 Å². The zero-order valence-electron chi connectivity index (χ0n) is 8.14. The number of hydrogen-bond acceptors (Lipinski definition) is 2. The van der Waals surface area contributed by atoms with Crippen molar-refractivity contribution in [2.24, 2.45) is 0 Å². The summed E-state index contributed by atoms with van der Waals surface area (Å²) in [6.45, 7) is 4.46. The Hall–Kier alpha value is -0.530. The first-order valence-corrected chi connectivity index (χ1v) is 4.77. The molecule has 0 rings (SSSR count). The highest BCUT2D eigenvalue weighted by Gasteiger charge is 1.96. The van der Waals surface area contributed by atoms with Gasteiger partial charge in [-0.25, -0.2) is 0 Å². The molecule has 0 N–H and O–H groups in total. The Morgan fingerprint density at radius 1 is 1.25 bits per heavy atom. The molecule has 0 aromatic carbocycles. The molecule has 0 atom stereocenters. The Balaban J connectivity index is 2.95. The predicted octanol–water partition coefficient (Wildman–Crippen LogP) is 2.72. The van der Waals surface area contributed by atoms with E-state index in [1.165, 1.54) is 32.1 Å². The molecule has 71 valence electrons. The summed E-state index contributed by atoms with van der Waals surface area (Å²) in [6, 6.07) is 0. The molecular formula is C10H19O2. The zero-order valence-corrected chi connectivity index (χ0v) is 8.14. The molecule has 0 aliphatic rings. The highest BCUT2D eigenvalue weighted by Crippen LogP contribution is 2.02. The van der Waals surface area contributed by atoms with Crippen molar-refractivity contribution in [1.82, 2.24) is 0 Å². The lowest BCUT2D eigenvalue weighted by atomic mass is 10.2. The van der Waals surface area contributed by atoms with Gasteiger partial charge in [-0.15, -0.1) is 0 Å². The fraction of sp³-hybridized carbons (Fsp3) is 0.800. The molecule has 0 bridgehead atoms. The summed E-state index contributed by atoms with van der Waals surface area (Å²) in [4.78, 5) is 10.6. The van der Waals surface area contributed by atoms with Crippen LogP contribution in [-0.4, -0.2) is 12.6 Å². The van der Waals surface area contributed by atoms with E-state index in [4.69, 9.17) is 4.74 Å². The number of unbranched alkanes of at least 4 members (excludes halogenated alkanes) is 4. The Morgan fingerprint density at radius 3 is 2.50 bits per heavy atom. The van der Waals surface area contributed by atoms with Gasteiger partial charge in [-0.3, -0.25) is 4.79 Å². The molecule has 2 heteroatoms. The Morgan fingerprint density at radius 2 is 1.92 bits per heavy atom. The van der Waals surface area contributed by atoms with E-state index in [0.717, 1.165) is 6.42 Å². The normalized spacial score (nSPS) is 9.83. The fourth-order valence-electron chi connectivity index (χ4n) is 0.962. The Labute approximate surface area is 75.3 Å². The molecule has 0 saturated heterocycles. The fourth-order valence-corrected chi connectivity index (χ4v) is 0.962. The number of ether oxygens (including phenoxy) is 1. The van der Waals surface area contributed by atoms with Gasteiger partial charge in [0.1, 0.15) is 0 Å². The molecule has 0 amide bonds. The van der Waals surface area contributed by atoms with Crippen LogP contribution < -0.4 is 0 Å². The smallest absolute Gasteiger partial charge is 0.309 e. The van der Waals surface area contributed by atoms with Crippen molar-refractivity contribution in [2.75, 3.05) is 6.61 Å². The molecule has 12 heavy (non-hydrogen) atoms. The third-order valence-electron chi connectivity index (χ3n) is 1.73. The SMILES string of the molecule is C[CH]C(=O)OCCCCCCC. The van der Waals surface area contributed by atoms with E-state index in [1.807, 2.05) is 0 Å². The number of rotatable bonds is 7. The van der Waals surface area contributed by atoms with Gasteiger partial charge in [0, 0.05) is 0 Å². The van der Waals surface area contributed by atoms with E-state index in [0.29, 0.717) is 6.61 Å². The molecular weight excluding hydrogens is 152 g/mol. The van der Waals surface area contributed by atoms with Gasteiger partial charge in [0.15, 0.2) is 0 Å². The highest BCUT2D eigenvalue weighted by atomic mass is 16.5. The van der Waals surface area contributed by atoms with E-state index in [9.17, 15) is 4.79 Å². The third kappa shape index (κ3) is 7.58. The van der Waals surface area contributed by atoms with Gasteiger partial charge >= 0.3 is 5.97 Å². The number of hydrogen-bond donors (Lipinski definition) is 0. The molecule has 0 saturated carbocycles. The van der Waals surface area contributed by atoms with E-state index in [1.54, 1.807) is 6.92 Å². The van der Waals surface area contributed by atoms with Crippen molar-refractivity contribution in [3.63, 3.8) is 0 Å². The average Bonchev–Trinajstić information content (AvgIpc) is 2.10. The minimum atomic E-state index is -0.203. The molecule has 0 aliphatic heterocycles. The van der Waals surface area contributed by atoms with Gasteiger partial charge in [0.05, 0.1) is 13.0 Å². The molecule has 0 heterocycles. The molecule has 1 radical (unpaired) electrons. The molecule has 0 aliphatic carbocycles. The van der Waals surface area contributed by atoms with Crippen LogP contribution in [0.25, 0.3) is 0 Å². The van der Waals surface area contributed by atoms with Gasteiger partial charge in [-0.1, -0.05) is 39.5 Å². The summed E-state index contributed by atoms with van der Waals surface area (Å²) >= 11 is 0. The molecule has 0 unspecified atom stereocenters. The summed E-state index contributed by atoms with van der Waals surface area (Å²) in [5.41, 5.74) is 0. The largest absolute Gasteiger partial charge is 0.465 e. The van der Waals surface area contributed by atoms with Crippen molar-refractivity contribution < 1.29 is 9.53 Å². The quantitative estimate of drug-likeness (QED) is 0.435. The van der Waals surface area contributed by atoms with Crippen LogP contribution in [0.1, 0.15) is 46.0 Å². The van der Waals surface area contributed by atoms with Gasteiger partial charge in [0.2, 0.25) is 0 Å². The minimum absolute atomic E-state index is 0.203. The van der Waals surface area contributed by atoms with E-state index in [-0.39, 0.29) is 5.97 Å². The first-order chi connectivity index (χ1) is 5.81. The maximum Gasteiger partial charge on any atom is 0.309 e. The molecule has 0 aromatic rings. The van der Waals surface area contributed by atoms with E-state index in [2.05, 4.69) is 6.92 Å². The minimum Gasteiger partial charge on any atom is -0.465 e. The maximum atomic E-state index is 10.6. The van der Waals surface area contributed by atoms with Crippen molar-refractivity contribution >= 4 is 5.97 Å². The molecule has 0 fully saturated rings. The van der Waals surface area contributed by atoms with Crippen molar-refractivity contribution in [1.29, 1.82) is 0 Å². The van der Waals surface area contributed by atoms with Crippen LogP contribution in [0.4, 0.5) is 0 Å². The molecule has 0 spiro atoms. The van der Waals surface area contributed by atoms with Gasteiger partial charge in [-0.2, -0.15) is 0 Å². The van der Waals surface area contributed by atoms with Crippen molar-refractivity contribution in [3.05, 3.63) is 6.42 Å². The lowest BCUT2D eigenvalue weighted by Gasteiger charge is -2.01. The number of carbonyl (C=O) groups is 1. The van der Waals surface area contributed by atoms with Crippen LogP contribution in [0.2, 0.25) is 0 Å². The first-order valence-electron chi connectivity index (χ1n) is 4.77. The predicted molar refractivity (Wildman–Crippen MR) is 49.7 cm³/mol. The van der Waals surface area contributed by atoms with Crippen LogP contribution >= 0.6 is 0 Å². The van der Waals surface area contributed by atoms with Gasteiger partial charge in [0.25, 0.3) is 0 Å². The van der Waals surface area contributed by atoms with Crippen LogP contribution in [0.3, 0.4) is 0 Å². The van der Waals surface area contributed by atoms with Crippen LogP contribution in [0.5, 0.6) is 0 Å². The Kier molecular flexibility index (Phi) is 8.19. The summed E-state index contributed by atoms with van der Waals surface area (Å²) in [5.74, 6) is -0.203. The number of esters is 1. The van der Waals surface area contributed by atoms with Gasteiger partial charge in [-0.05, 0) is 6.42 Å². The van der Waals surface area contributed by atoms with Gasteiger partial charge < -0.3 is 4.74 Å².